The number of carbonyl (C=O) groups is 6. The Morgan fingerprint density at radius 2 is 0.641 bits per heavy atom. The zero-order chi connectivity index (χ0) is 46.7. The number of benzene rings is 3. The van der Waals surface area contributed by atoms with E-state index in [1.54, 1.807) is 0 Å². The summed E-state index contributed by atoms with van der Waals surface area (Å²) in [5, 5.41) is 7.46. The molecule has 0 aliphatic rings. The van der Waals surface area contributed by atoms with Gasteiger partial charge >= 0.3 is 36.2 Å². The highest BCUT2D eigenvalue weighted by atomic mass is 16.6. The van der Waals surface area contributed by atoms with Crippen molar-refractivity contribution in [3.63, 3.8) is 0 Å². The molecule has 0 aliphatic heterocycles. The number of ether oxygens (including phenoxy) is 9. The van der Waals surface area contributed by atoms with E-state index in [4.69, 9.17) is 42.6 Å². The molecule has 3 N–H and O–H groups in total. The van der Waals surface area contributed by atoms with E-state index in [0.29, 0.717) is 17.2 Å². The van der Waals surface area contributed by atoms with E-state index in [-0.39, 0.29) is 102 Å². The highest BCUT2D eigenvalue weighted by Crippen LogP contribution is 2.34. The quantitative estimate of drug-likeness (QED) is 0.0281. The monoisotopic (exact) mass is 889 g/mol. The summed E-state index contributed by atoms with van der Waals surface area (Å²) in [4.78, 5) is 70.2. The third kappa shape index (κ3) is 19.9. The highest BCUT2D eigenvalue weighted by Gasteiger charge is 2.18. The van der Waals surface area contributed by atoms with Crippen LogP contribution in [0.15, 0.2) is 109 Å². The molecule has 18 heteroatoms. The average Bonchev–Trinajstić information content (AvgIpc) is 3.28. The van der Waals surface area contributed by atoms with Gasteiger partial charge in [0.1, 0.15) is 76.7 Å². The van der Waals surface area contributed by atoms with Crippen molar-refractivity contribution in [2.24, 2.45) is 0 Å². The Morgan fingerprint density at radius 3 is 0.875 bits per heavy atom. The summed E-state index contributed by atoms with van der Waals surface area (Å²) in [5.74, 6) is -0.227. The molecule has 0 fully saturated rings. The number of alkyl carbamates (subject to hydrolysis) is 3. The predicted molar refractivity (Wildman–Crippen MR) is 232 cm³/mol. The summed E-state index contributed by atoms with van der Waals surface area (Å²) in [6.45, 7) is 15.5. The average molecular weight is 890 g/mol. The van der Waals surface area contributed by atoms with Gasteiger partial charge in [-0.1, -0.05) is 56.1 Å². The van der Waals surface area contributed by atoms with E-state index >= 15 is 0 Å². The Bertz CT molecular complexity index is 1800. The minimum absolute atomic E-state index is 0.0178. The molecule has 0 aliphatic carbocycles. The van der Waals surface area contributed by atoms with Crippen LogP contribution in [-0.4, -0.2) is 115 Å². The first-order chi connectivity index (χ1) is 30.7. The Kier molecular flexibility index (Phi) is 22.4. The van der Waals surface area contributed by atoms with Gasteiger partial charge in [-0.15, -0.1) is 0 Å². The van der Waals surface area contributed by atoms with Gasteiger partial charge in [-0.25, -0.2) is 28.8 Å². The molecule has 0 heterocycles. The van der Waals surface area contributed by atoms with Gasteiger partial charge in [0.15, 0.2) is 0 Å². The van der Waals surface area contributed by atoms with E-state index < -0.39 is 36.2 Å². The van der Waals surface area contributed by atoms with Crippen molar-refractivity contribution in [1.82, 2.24) is 16.0 Å². The fourth-order valence-corrected chi connectivity index (χ4v) is 5.14. The van der Waals surface area contributed by atoms with Gasteiger partial charge in [0, 0.05) is 22.6 Å². The van der Waals surface area contributed by atoms with Crippen LogP contribution in [0.25, 0.3) is 0 Å². The molecule has 0 saturated carbocycles. The molecule has 0 aromatic heterocycles. The summed E-state index contributed by atoms with van der Waals surface area (Å²) in [6.07, 6.45) is -2.03. The molecule has 64 heavy (non-hydrogen) atoms. The molecule has 0 bridgehead atoms. The smallest absolute Gasteiger partial charge is 0.407 e. The number of amides is 3. The zero-order valence-corrected chi connectivity index (χ0v) is 36.2. The Hall–Kier alpha value is -7.50. The number of carbonyl (C=O) groups excluding carboxylic acids is 6. The van der Waals surface area contributed by atoms with Gasteiger partial charge in [-0.3, -0.25) is 0 Å². The predicted octanol–water partition coefficient (Wildman–Crippen LogP) is 5.54. The van der Waals surface area contributed by atoms with E-state index in [0.717, 1.165) is 16.7 Å². The normalized spacial score (nSPS) is 10.3. The summed E-state index contributed by atoms with van der Waals surface area (Å²) < 4.78 is 47.5. The largest absolute Gasteiger partial charge is 0.490 e. The summed E-state index contributed by atoms with van der Waals surface area (Å²) >= 11 is 0. The van der Waals surface area contributed by atoms with Crippen molar-refractivity contribution in [3.8, 4) is 17.2 Å². The van der Waals surface area contributed by atoms with Crippen molar-refractivity contribution >= 4 is 36.2 Å². The lowest BCUT2D eigenvalue weighted by Crippen LogP contribution is -2.29. The van der Waals surface area contributed by atoms with Crippen molar-refractivity contribution in [1.29, 1.82) is 0 Å². The first kappa shape index (κ1) is 50.9. The molecule has 3 rings (SSSR count). The second kappa shape index (κ2) is 28.2. The lowest BCUT2D eigenvalue weighted by molar-refractivity contribution is -0.139. The van der Waals surface area contributed by atoms with E-state index in [9.17, 15) is 28.8 Å². The fraction of sp³-hybridized carbons (Fsp3) is 0.348. The first-order valence-corrected chi connectivity index (χ1v) is 20.1. The van der Waals surface area contributed by atoms with Crippen LogP contribution in [-0.2, 0) is 42.8 Å². The van der Waals surface area contributed by atoms with Gasteiger partial charge in [-0.2, -0.15) is 0 Å². The lowest BCUT2D eigenvalue weighted by Gasteiger charge is -2.20. The first-order valence-electron chi connectivity index (χ1n) is 20.1. The van der Waals surface area contributed by atoms with E-state index in [1.807, 2.05) is 72.8 Å². The van der Waals surface area contributed by atoms with Gasteiger partial charge in [0.2, 0.25) is 0 Å². The Balaban J connectivity index is 1.57. The van der Waals surface area contributed by atoms with Crippen LogP contribution in [0.2, 0.25) is 0 Å². The van der Waals surface area contributed by atoms with Crippen LogP contribution in [0, 0.1) is 0 Å². The fourth-order valence-electron chi connectivity index (χ4n) is 5.14. The lowest BCUT2D eigenvalue weighted by atomic mass is 9.85. The highest BCUT2D eigenvalue weighted by molar-refractivity contribution is 5.87. The Labute approximate surface area is 371 Å². The molecular formula is C46H55N3O15. The number of hydrogen-bond acceptors (Lipinski definition) is 15. The standard InChI is InChI=1S/C46H55N3O15/c1-31(2)41(50)59-22-19-47-44(53)62-28-25-56-37-13-7-34(8-14-37)40(35-9-15-38(16-10-35)57-26-29-63-45(54)48-20-23-60-42(51)32(3)4)36-11-17-39(18-12-36)58-27-30-64-46(55)49-21-24-61-43(52)33(5)6/h7-18,40H,1,3,5,19-30H2,2,4,6H3,(H,47,53)(H,48,54)(H,49,55). The maximum absolute atomic E-state index is 12.0. The second-order valence-electron chi connectivity index (χ2n) is 13.6. The Morgan fingerprint density at radius 1 is 0.391 bits per heavy atom. The third-order valence-corrected chi connectivity index (χ3v) is 8.26. The van der Waals surface area contributed by atoms with Gasteiger partial charge in [0.05, 0.1) is 19.6 Å². The second-order valence-corrected chi connectivity index (χ2v) is 13.6. The number of hydrogen-bond donors (Lipinski definition) is 3. The van der Waals surface area contributed by atoms with Gasteiger partial charge < -0.3 is 58.6 Å². The van der Waals surface area contributed by atoms with Gasteiger partial charge in [-0.05, 0) is 73.9 Å². The topological polar surface area (TPSA) is 222 Å². The van der Waals surface area contributed by atoms with Crippen molar-refractivity contribution in [3.05, 3.63) is 126 Å². The molecule has 344 valence electrons. The zero-order valence-electron chi connectivity index (χ0n) is 36.2. The molecule has 3 aromatic rings. The number of rotatable bonds is 27. The van der Waals surface area contributed by atoms with Crippen molar-refractivity contribution in [2.45, 2.75) is 26.7 Å². The summed E-state index contributed by atoms with van der Waals surface area (Å²) in [6, 6.07) is 22.4. The maximum atomic E-state index is 12.0. The minimum Gasteiger partial charge on any atom is -0.490 e. The molecular weight excluding hydrogens is 835 g/mol. The van der Waals surface area contributed by atoms with E-state index in [1.165, 1.54) is 20.8 Å². The van der Waals surface area contributed by atoms with Crippen LogP contribution < -0.4 is 30.2 Å². The molecule has 0 spiro atoms. The molecule has 0 saturated heterocycles. The molecule has 0 radical (unpaired) electrons. The van der Waals surface area contributed by atoms with Crippen LogP contribution in [0.1, 0.15) is 43.4 Å². The van der Waals surface area contributed by atoms with Crippen LogP contribution in [0.5, 0.6) is 17.2 Å². The van der Waals surface area contributed by atoms with E-state index in [2.05, 4.69) is 35.7 Å². The summed E-state index contributed by atoms with van der Waals surface area (Å²) in [7, 11) is 0. The number of esters is 3. The molecule has 0 atom stereocenters. The van der Waals surface area contributed by atoms with Crippen LogP contribution in [0.3, 0.4) is 0 Å². The molecule has 3 amide bonds. The van der Waals surface area contributed by atoms with Crippen LogP contribution in [0.4, 0.5) is 14.4 Å². The van der Waals surface area contributed by atoms with Gasteiger partial charge in [0.25, 0.3) is 0 Å². The van der Waals surface area contributed by atoms with Crippen LogP contribution >= 0.6 is 0 Å². The third-order valence-electron chi connectivity index (χ3n) is 8.26. The van der Waals surface area contributed by atoms with Crippen molar-refractivity contribution in [2.75, 3.05) is 79.1 Å². The minimum atomic E-state index is -0.678. The summed E-state index contributed by atoms with van der Waals surface area (Å²) in [5.41, 5.74) is 3.58. The molecule has 3 aromatic carbocycles. The SMILES string of the molecule is C=C(C)C(=O)OCCNC(=O)OCCOc1ccc(C(c2ccc(OCCOC(=O)NCCOC(=O)C(=C)C)cc2)c2ccc(OCCOC(=O)NCCOC(=O)C(=C)C)cc2)cc1. The van der Waals surface area contributed by atoms with Crippen molar-refractivity contribution < 1.29 is 71.4 Å². The number of nitrogens with one attached hydrogen (secondary N) is 3. The molecule has 0 unspecified atom stereocenters. The maximum Gasteiger partial charge on any atom is 0.407 e. The molecule has 18 nitrogen and oxygen atoms in total.